The Morgan fingerprint density at radius 2 is 2.04 bits per heavy atom. The molecule has 9 heteroatoms. The molecule has 2 aliphatic heterocycles. The van der Waals surface area contributed by atoms with Crippen LogP contribution in [0.1, 0.15) is 12.6 Å². The summed E-state index contributed by atoms with van der Waals surface area (Å²) in [6.07, 6.45) is 2.99. The molecule has 0 amide bonds. The zero-order valence-electron chi connectivity index (χ0n) is 15.2. The average molecular weight is 439 g/mol. The van der Waals surface area contributed by atoms with E-state index in [0.29, 0.717) is 16.3 Å². The molecule has 0 saturated carbocycles. The van der Waals surface area contributed by atoms with Gasteiger partial charge in [-0.1, -0.05) is 41.2 Å². The fourth-order valence-corrected chi connectivity index (χ4v) is 4.52. The Morgan fingerprint density at radius 1 is 1.26 bits per heavy atom. The molecule has 1 unspecified atom stereocenters. The maximum atomic E-state index is 9.86. The molecule has 0 radical (unpaired) electrons. The van der Waals surface area contributed by atoms with Gasteiger partial charge in [0, 0.05) is 20.4 Å². The van der Waals surface area contributed by atoms with Gasteiger partial charge in [-0.15, -0.1) is 0 Å². The number of hydroxylamine groups is 2. The van der Waals surface area contributed by atoms with Crippen LogP contribution in [-0.2, 0) is 0 Å². The normalized spacial score (nSPS) is 17.5. The van der Waals surface area contributed by atoms with Crippen molar-refractivity contribution in [3.05, 3.63) is 70.5 Å². The summed E-state index contributed by atoms with van der Waals surface area (Å²) in [6, 6.07) is 15.4. The molecule has 2 heterocycles. The fraction of sp³-hybridized carbons (Fsp3) is 0.0556. The Kier molecular flexibility index (Phi) is 7.24. The van der Waals surface area contributed by atoms with Crippen LogP contribution in [0.15, 0.2) is 74.1 Å². The van der Waals surface area contributed by atoms with Gasteiger partial charge in [0.05, 0.1) is 17.5 Å². The summed E-state index contributed by atoms with van der Waals surface area (Å²) in [5, 5.41) is 21.6. The van der Waals surface area contributed by atoms with Crippen LogP contribution in [0.25, 0.3) is 0 Å². The van der Waals surface area contributed by atoms with Crippen molar-refractivity contribution < 1.29 is 58.0 Å². The molecule has 130 valence electrons. The van der Waals surface area contributed by atoms with Gasteiger partial charge in [0.25, 0.3) is 0 Å². The molecule has 4 rings (SSSR count). The monoisotopic (exact) mass is 438 g/mol. The molecule has 2 aliphatic rings. The molecule has 1 atom stereocenters. The van der Waals surface area contributed by atoms with Crippen molar-refractivity contribution in [3.63, 3.8) is 0 Å². The van der Waals surface area contributed by atoms with Crippen LogP contribution < -0.4 is 51.4 Å². The van der Waals surface area contributed by atoms with E-state index >= 15 is 0 Å². The number of nitrogens with zero attached hydrogens (tertiary/aromatic N) is 4. The van der Waals surface area contributed by atoms with Gasteiger partial charge in [0.1, 0.15) is 17.5 Å². The summed E-state index contributed by atoms with van der Waals surface area (Å²) in [4.78, 5) is 10.3. The van der Waals surface area contributed by atoms with E-state index in [1.807, 2.05) is 42.5 Å². The quantitative estimate of drug-likeness (QED) is 0.741. The zero-order valence-corrected chi connectivity index (χ0v) is 19.7. The minimum absolute atomic E-state index is 0. The molecule has 0 aliphatic carbocycles. The van der Waals surface area contributed by atoms with Crippen LogP contribution in [0.4, 0.5) is 0 Å². The second-order valence-electron chi connectivity index (χ2n) is 5.46. The van der Waals surface area contributed by atoms with Gasteiger partial charge < -0.3 is 1.43 Å². The molecule has 5 nitrogen and oxygen atoms in total. The molecule has 0 spiro atoms. The van der Waals surface area contributed by atoms with Crippen molar-refractivity contribution in [3.8, 4) is 6.07 Å². The van der Waals surface area contributed by atoms with E-state index in [9.17, 15) is 10.5 Å². The summed E-state index contributed by atoms with van der Waals surface area (Å²) in [5.41, 5.74) is 2.11. The molecule has 27 heavy (non-hydrogen) atoms. The summed E-state index contributed by atoms with van der Waals surface area (Å²) < 4.78 is 0. The van der Waals surface area contributed by atoms with Gasteiger partial charge in [-0.2, -0.15) is 5.26 Å². The van der Waals surface area contributed by atoms with Gasteiger partial charge in [-0.05, 0) is 36.4 Å². The number of hydrogen-bond donors (Lipinski definition) is 1. The number of benzene rings is 2. The smallest absolute Gasteiger partial charge is 1.00 e. The number of halogens is 1. The second kappa shape index (κ2) is 9.26. The third-order valence-corrected chi connectivity index (χ3v) is 6.29. The summed E-state index contributed by atoms with van der Waals surface area (Å²) in [6.45, 7) is 0. The van der Waals surface area contributed by atoms with E-state index < -0.39 is 0 Å². The third-order valence-electron chi connectivity index (χ3n) is 3.73. The van der Waals surface area contributed by atoms with Gasteiger partial charge in [-0.25, -0.2) is 15.0 Å². The van der Waals surface area contributed by atoms with E-state index in [1.54, 1.807) is 6.20 Å². The van der Waals surface area contributed by atoms with Crippen molar-refractivity contribution >= 4 is 46.5 Å². The average Bonchev–Trinajstić information content (AvgIpc) is 3.09. The first-order chi connectivity index (χ1) is 12.6. The number of hydrogen-bond acceptors (Lipinski definition) is 7. The Labute approximate surface area is 214 Å². The van der Waals surface area contributed by atoms with Crippen LogP contribution in [0.3, 0.4) is 0 Å². The van der Waals surface area contributed by atoms with Crippen molar-refractivity contribution in [2.75, 3.05) is 0 Å². The predicted molar refractivity (Wildman–Crippen MR) is 106 cm³/mol. The number of nitriles is 1. The zero-order chi connectivity index (χ0) is 18.1. The molecule has 0 bridgehead atoms. The van der Waals surface area contributed by atoms with E-state index in [2.05, 4.69) is 16.1 Å². The van der Waals surface area contributed by atoms with Crippen LogP contribution in [0.2, 0.25) is 5.02 Å². The second-order valence-corrected chi connectivity index (χ2v) is 8.09. The maximum absolute atomic E-state index is 9.86. The molecule has 0 saturated heterocycles. The third kappa shape index (κ3) is 4.70. The largest absolute Gasteiger partial charge is 1.00 e. The summed E-state index contributed by atoms with van der Waals surface area (Å²) in [5.74, 6) is 0. The summed E-state index contributed by atoms with van der Waals surface area (Å²) in [7, 11) is 0. The Bertz CT molecular complexity index is 1010. The van der Waals surface area contributed by atoms with Crippen molar-refractivity contribution in [2.24, 2.45) is 9.98 Å². The first-order valence-corrected chi connectivity index (χ1v) is 9.65. The molecular formula is C18H12ClKN4OS2. The molecule has 2 aromatic carbocycles. The van der Waals surface area contributed by atoms with Crippen LogP contribution in [-0.4, -0.2) is 27.0 Å². The van der Waals surface area contributed by atoms with Gasteiger partial charge >= 0.3 is 51.4 Å². The molecule has 0 aromatic heterocycles. The topological polar surface area (TPSA) is 72.0 Å². The first kappa shape index (κ1) is 21.1. The number of aliphatic imine (C=N–C) groups is 2. The van der Waals surface area contributed by atoms with Crippen molar-refractivity contribution in [1.82, 2.24) is 5.06 Å². The Balaban J connectivity index is 0.00000140. The number of fused-ring (bicyclic) bond motifs is 1. The minimum atomic E-state index is -0.295. The van der Waals surface area contributed by atoms with Crippen LogP contribution in [0.5, 0.6) is 0 Å². The molecular weight excluding hydrogens is 427 g/mol. The van der Waals surface area contributed by atoms with E-state index in [-0.39, 0.29) is 58.2 Å². The minimum Gasteiger partial charge on any atom is -1.00 e. The van der Waals surface area contributed by atoms with Crippen LogP contribution in [0, 0.1) is 11.3 Å². The maximum Gasteiger partial charge on any atom is 1.00 e. The first-order valence-electron chi connectivity index (χ1n) is 7.58. The summed E-state index contributed by atoms with van der Waals surface area (Å²) >= 11 is 8.85. The Hall–Kier alpha value is -0.604. The van der Waals surface area contributed by atoms with E-state index in [0.717, 1.165) is 25.5 Å². The SMILES string of the molecule is N#Cc1cc(C2=NC3=CN=CN(O)C3S2)ccc1Sc1ccc(Cl)cc1.[H-].[K+]. The van der Waals surface area contributed by atoms with Gasteiger partial charge in [0.15, 0.2) is 5.37 Å². The van der Waals surface area contributed by atoms with Crippen molar-refractivity contribution in [1.29, 1.82) is 5.26 Å². The van der Waals surface area contributed by atoms with E-state index in [4.69, 9.17) is 11.6 Å². The van der Waals surface area contributed by atoms with Gasteiger partial charge in [0.2, 0.25) is 0 Å². The van der Waals surface area contributed by atoms with Gasteiger partial charge in [-0.3, -0.25) is 5.21 Å². The van der Waals surface area contributed by atoms with Crippen molar-refractivity contribution in [2.45, 2.75) is 15.2 Å². The molecule has 0 fully saturated rings. The predicted octanol–water partition coefficient (Wildman–Crippen LogP) is 1.87. The molecule has 2 aromatic rings. The van der Waals surface area contributed by atoms with Crippen LogP contribution >= 0.6 is 35.1 Å². The fourth-order valence-electron chi connectivity index (χ4n) is 2.49. The number of rotatable bonds is 3. The van der Waals surface area contributed by atoms with E-state index in [1.165, 1.54) is 29.9 Å². The Morgan fingerprint density at radius 3 is 2.74 bits per heavy atom. The number of thioether (sulfide) groups is 1. The molecule has 1 N–H and O–H groups in total. The standard InChI is InChI=1S/C18H11ClN4OS2.K.H/c19-13-2-4-14(5-3-13)25-16-6-1-11(7-12(16)8-20)17-22-15-9-21-10-23(24)18(15)26-17;;/h1-7,9-10,18,24H;;/q;+1;-1.